The summed E-state index contributed by atoms with van der Waals surface area (Å²) in [4.78, 5) is 9.71. The van der Waals surface area contributed by atoms with E-state index in [0.717, 1.165) is 23.9 Å². The van der Waals surface area contributed by atoms with Crippen molar-refractivity contribution in [3.05, 3.63) is 0 Å². The monoisotopic (exact) mass is 308 g/mol. The molecule has 0 amide bonds. The molecular weight excluding hydrogens is 273 g/mol. The fraction of sp³-hybridized carbons (Fsp3) is 1.00. The molecular formula is C15H35NO3P+. The summed E-state index contributed by atoms with van der Waals surface area (Å²) in [5.41, 5.74) is 0. The van der Waals surface area contributed by atoms with Crippen molar-refractivity contribution < 1.29 is 18.5 Å². The molecule has 0 aliphatic rings. The van der Waals surface area contributed by atoms with Crippen LogP contribution in [-0.2, 0) is 9.09 Å². The Kier molecular flexibility index (Phi) is 10.8. The fourth-order valence-corrected chi connectivity index (χ4v) is 3.09. The molecule has 0 aromatic carbocycles. The SMILES string of the molecule is CCCCCCCCCCP(=O)(O)OCC[N+](C)(C)C. The summed E-state index contributed by atoms with van der Waals surface area (Å²) in [7, 11) is 2.78. The second-order valence-electron chi connectivity index (χ2n) is 6.68. The van der Waals surface area contributed by atoms with Gasteiger partial charge in [-0.3, -0.25) is 4.57 Å². The minimum absolute atomic E-state index is 0.305. The van der Waals surface area contributed by atoms with Crippen LogP contribution in [0.25, 0.3) is 0 Å². The summed E-state index contributed by atoms with van der Waals surface area (Å²) in [5.74, 6) is 0. The topological polar surface area (TPSA) is 46.5 Å². The molecule has 1 atom stereocenters. The predicted molar refractivity (Wildman–Crippen MR) is 86.2 cm³/mol. The zero-order chi connectivity index (χ0) is 15.5. The Bertz CT molecular complexity index is 277. The van der Waals surface area contributed by atoms with E-state index in [-0.39, 0.29) is 0 Å². The van der Waals surface area contributed by atoms with E-state index in [9.17, 15) is 9.46 Å². The van der Waals surface area contributed by atoms with Gasteiger partial charge in [0, 0.05) is 6.16 Å². The van der Waals surface area contributed by atoms with Gasteiger partial charge in [-0.15, -0.1) is 0 Å². The molecule has 0 rings (SSSR count). The van der Waals surface area contributed by atoms with Gasteiger partial charge < -0.3 is 13.9 Å². The Balaban J connectivity index is 3.50. The zero-order valence-electron chi connectivity index (χ0n) is 13.9. The molecule has 0 saturated heterocycles. The highest BCUT2D eigenvalue weighted by molar-refractivity contribution is 7.52. The molecule has 0 saturated carbocycles. The summed E-state index contributed by atoms with van der Waals surface area (Å²) in [6.07, 6.45) is 9.78. The van der Waals surface area contributed by atoms with Gasteiger partial charge in [0.25, 0.3) is 0 Å². The van der Waals surface area contributed by atoms with E-state index in [4.69, 9.17) is 4.52 Å². The molecule has 0 aromatic rings. The van der Waals surface area contributed by atoms with Crippen LogP contribution in [0.15, 0.2) is 0 Å². The van der Waals surface area contributed by atoms with Crippen molar-refractivity contribution in [2.75, 3.05) is 40.5 Å². The summed E-state index contributed by atoms with van der Waals surface area (Å²) >= 11 is 0. The normalized spacial score (nSPS) is 15.2. The summed E-state index contributed by atoms with van der Waals surface area (Å²) in [6.45, 7) is 3.33. The second kappa shape index (κ2) is 10.8. The lowest BCUT2D eigenvalue weighted by atomic mass is 10.1. The van der Waals surface area contributed by atoms with Gasteiger partial charge in [-0.25, -0.2) is 0 Å². The Labute approximate surface area is 125 Å². The molecule has 1 unspecified atom stereocenters. The van der Waals surface area contributed by atoms with Crippen molar-refractivity contribution in [3.8, 4) is 0 Å². The number of unbranched alkanes of at least 4 members (excludes halogenated alkanes) is 7. The molecule has 5 heteroatoms. The average molecular weight is 308 g/mol. The first kappa shape index (κ1) is 20.1. The molecule has 0 aliphatic carbocycles. The first-order valence-corrected chi connectivity index (χ1v) is 9.80. The van der Waals surface area contributed by atoms with Gasteiger partial charge in [-0.05, 0) is 6.42 Å². The van der Waals surface area contributed by atoms with E-state index >= 15 is 0 Å². The highest BCUT2D eigenvalue weighted by atomic mass is 31.2. The van der Waals surface area contributed by atoms with Crippen molar-refractivity contribution in [2.24, 2.45) is 0 Å². The van der Waals surface area contributed by atoms with Crippen LogP contribution >= 0.6 is 7.60 Å². The van der Waals surface area contributed by atoms with Gasteiger partial charge in [0.2, 0.25) is 0 Å². The van der Waals surface area contributed by atoms with Crippen LogP contribution in [0.4, 0.5) is 0 Å². The minimum Gasteiger partial charge on any atom is -0.329 e. The van der Waals surface area contributed by atoms with E-state index in [2.05, 4.69) is 6.92 Å². The average Bonchev–Trinajstić information content (AvgIpc) is 2.30. The van der Waals surface area contributed by atoms with Crippen LogP contribution in [0.5, 0.6) is 0 Å². The van der Waals surface area contributed by atoms with Gasteiger partial charge in [0.15, 0.2) is 0 Å². The van der Waals surface area contributed by atoms with E-state index in [1.807, 2.05) is 21.1 Å². The lowest BCUT2D eigenvalue weighted by Gasteiger charge is -2.24. The van der Waals surface area contributed by atoms with E-state index < -0.39 is 7.60 Å². The van der Waals surface area contributed by atoms with Crippen LogP contribution in [0, 0.1) is 0 Å². The number of hydrogen-bond acceptors (Lipinski definition) is 2. The van der Waals surface area contributed by atoms with Gasteiger partial charge in [-0.1, -0.05) is 51.9 Å². The maximum Gasteiger partial charge on any atom is 0.328 e. The van der Waals surface area contributed by atoms with Gasteiger partial charge in [0.05, 0.1) is 21.1 Å². The number of likely N-dealkylation sites (N-methyl/N-ethyl adjacent to an activating group) is 1. The van der Waals surface area contributed by atoms with Crippen molar-refractivity contribution in [3.63, 3.8) is 0 Å². The van der Waals surface area contributed by atoms with E-state index in [0.29, 0.717) is 12.8 Å². The smallest absolute Gasteiger partial charge is 0.328 e. The number of hydrogen-bond donors (Lipinski definition) is 1. The van der Waals surface area contributed by atoms with Crippen LogP contribution in [0.3, 0.4) is 0 Å². The summed E-state index contributed by atoms with van der Waals surface area (Å²) < 4.78 is 17.7. The zero-order valence-corrected chi connectivity index (χ0v) is 14.8. The molecule has 122 valence electrons. The standard InChI is InChI=1S/C15H34NO3P/c1-5-6-7-8-9-10-11-12-15-20(17,18)19-14-13-16(2,3)4/h5-15H2,1-4H3/p+1. The molecule has 0 aromatic heterocycles. The first-order chi connectivity index (χ1) is 9.27. The third-order valence-electron chi connectivity index (χ3n) is 3.35. The summed E-state index contributed by atoms with van der Waals surface area (Å²) in [5, 5.41) is 0. The van der Waals surface area contributed by atoms with E-state index in [1.54, 1.807) is 0 Å². The van der Waals surface area contributed by atoms with Crippen molar-refractivity contribution in [1.82, 2.24) is 0 Å². The molecule has 0 fully saturated rings. The van der Waals surface area contributed by atoms with Gasteiger partial charge >= 0.3 is 7.60 Å². The van der Waals surface area contributed by atoms with E-state index in [1.165, 1.54) is 38.5 Å². The van der Waals surface area contributed by atoms with Crippen molar-refractivity contribution in [1.29, 1.82) is 0 Å². The Morgan fingerprint density at radius 2 is 1.45 bits per heavy atom. The maximum absolute atomic E-state index is 11.8. The quantitative estimate of drug-likeness (QED) is 0.317. The highest BCUT2D eigenvalue weighted by Crippen LogP contribution is 2.42. The predicted octanol–water partition coefficient (Wildman–Crippen LogP) is 4.04. The van der Waals surface area contributed by atoms with Gasteiger partial charge in [-0.2, -0.15) is 0 Å². The van der Waals surface area contributed by atoms with Crippen molar-refractivity contribution >= 4 is 7.60 Å². The third-order valence-corrected chi connectivity index (χ3v) is 4.82. The third kappa shape index (κ3) is 14.5. The van der Waals surface area contributed by atoms with Crippen LogP contribution < -0.4 is 0 Å². The molecule has 0 aliphatic heterocycles. The molecule has 20 heavy (non-hydrogen) atoms. The maximum atomic E-state index is 11.8. The lowest BCUT2D eigenvalue weighted by Crippen LogP contribution is -2.37. The molecule has 0 radical (unpaired) electrons. The summed E-state index contributed by atoms with van der Waals surface area (Å²) in [6, 6.07) is 0. The molecule has 4 nitrogen and oxygen atoms in total. The second-order valence-corrected chi connectivity index (χ2v) is 8.66. The Morgan fingerprint density at radius 1 is 0.950 bits per heavy atom. The molecule has 0 bridgehead atoms. The van der Waals surface area contributed by atoms with Crippen molar-refractivity contribution in [2.45, 2.75) is 58.3 Å². The van der Waals surface area contributed by atoms with Crippen LogP contribution in [-0.4, -0.2) is 49.8 Å². The number of quaternary nitrogens is 1. The first-order valence-electron chi connectivity index (χ1n) is 8.04. The Morgan fingerprint density at radius 3 is 1.95 bits per heavy atom. The molecule has 0 heterocycles. The lowest BCUT2D eigenvalue weighted by molar-refractivity contribution is -0.870. The minimum atomic E-state index is -3.35. The molecule has 1 N–H and O–H groups in total. The highest BCUT2D eigenvalue weighted by Gasteiger charge is 2.19. The van der Waals surface area contributed by atoms with Crippen LogP contribution in [0.1, 0.15) is 58.3 Å². The Hall–Kier alpha value is 0.110. The largest absolute Gasteiger partial charge is 0.329 e. The molecule has 0 spiro atoms. The fourth-order valence-electron chi connectivity index (χ4n) is 1.97. The number of rotatable bonds is 13. The van der Waals surface area contributed by atoms with Crippen LogP contribution in [0.2, 0.25) is 0 Å². The van der Waals surface area contributed by atoms with Gasteiger partial charge in [0.1, 0.15) is 13.2 Å². The number of nitrogens with zero attached hydrogens (tertiary/aromatic N) is 1.